The van der Waals surface area contributed by atoms with Crippen molar-refractivity contribution in [3.8, 4) is 0 Å². The summed E-state index contributed by atoms with van der Waals surface area (Å²) in [6, 6.07) is 0. The minimum absolute atomic E-state index is 0.229. The zero-order chi connectivity index (χ0) is 12.1. The predicted molar refractivity (Wildman–Crippen MR) is 59.3 cm³/mol. The Labute approximate surface area is 97.3 Å². The molecule has 0 spiro atoms. The van der Waals surface area contributed by atoms with Gasteiger partial charge in [-0.05, 0) is 6.92 Å². The van der Waals surface area contributed by atoms with Crippen LogP contribution in [0.1, 0.15) is 6.92 Å². The van der Waals surface area contributed by atoms with Gasteiger partial charge in [0, 0.05) is 18.3 Å². The molecule has 0 aliphatic rings. The number of aromatic nitrogens is 2. The number of allylic oxidation sites excluding steroid dienone is 1. The van der Waals surface area contributed by atoms with Crippen molar-refractivity contribution in [2.45, 2.75) is 13.5 Å². The van der Waals surface area contributed by atoms with Crippen LogP contribution in [-0.2, 0) is 16.1 Å². The Hall–Kier alpha value is -1.62. The highest BCUT2D eigenvalue weighted by molar-refractivity contribution is 6.30. The summed E-state index contributed by atoms with van der Waals surface area (Å²) >= 11 is 5.69. The lowest BCUT2D eigenvalue weighted by molar-refractivity contribution is -0.136. The standard InChI is InChI=1S/C10H11ClN2O3/c1-7(9(14)16-2)3-4-13-6-8(11)5-12-10(13)15/h3,5-6H,4H2,1-2H3/b7-3+. The van der Waals surface area contributed by atoms with E-state index in [1.54, 1.807) is 13.0 Å². The van der Waals surface area contributed by atoms with Crippen LogP contribution in [0.4, 0.5) is 0 Å². The van der Waals surface area contributed by atoms with Crippen molar-refractivity contribution in [2.24, 2.45) is 0 Å². The topological polar surface area (TPSA) is 61.2 Å². The van der Waals surface area contributed by atoms with E-state index < -0.39 is 11.7 Å². The number of hydrogen-bond acceptors (Lipinski definition) is 4. The van der Waals surface area contributed by atoms with Crippen LogP contribution in [0.2, 0.25) is 5.02 Å². The van der Waals surface area contributed by atoms with Crippen LogP contribution < -0.4 is 5.69 Å². The highest BCUT2D eigenvalue weighted by Crippen LogP contribution is 2.02. The Kier molecular flexibility index (Phi) is 4.25. The molecule has 0 aliphatic carbocycles. The van der Waals surface area contributed by atoms with Crippen LogP contribution in [0.25, 0.3) is 0 Å². The van der Waals surface area contributed by atoms with E-state index in [1.807, 2.05) is 0 Å². The van der Waals surface area contributed by atoms with Gasteiger partial charge >= 0.3 is 11.7 Å². The van der Waals surface area contributed by atoms with Gasteiger partial charge in [0.1, 0.15) is 0 Å². The lowest BCUT2D eigenvalue weighted by Crippen LogP contribution is -2.21. The van der Waals surface area contributed by atoms with Crippen molar-refractivity contribution < 1.29 is 9.53 Å². The molecule has 0 radical (unpaired) electrons. The normalized spacial score (nSPS) is 11.3. The Morgan fingerprint density at radius 2 is 2.38 bits per heavy atom. The minimum atomic E-state index is -0.428. The maximum atomic E-state index is 11.3. The molecule has 86 valence electrons. The molecule has 16 heavy (non-hydrogen) atoms. The number of hydrogen-bond donors (Lipinski definition) is 0. The molecule has 0 aliphatic heterocycles. The van der Waals surface area contributed by atoms with E-state index in [9.17, 15) is 9.59 Å². The molecule has 1 rings (SSSR count). The fraction of sp³-hybridized carbons (Fsp3) is 0.300. The van der Waals surface area contributed by atoms with E-state index in [4.69, 9.17) is 11.6 Å². The molecule has 0 amide bonds. The van der Waals surface area contributed by atoms with Crippen molar-refractivity contribution in [3.63, 3.8) is 0 Å². The van der Waals surface area contributed by atoms with E-state index in [-0.39, 0.29) is 6.54 Å². The van der Waals surface area contributed by atoms with Gasteiger partial charge in [-0.15, -0.1) is 0 Å². The Balaban J connectivity index is 2.86. The lowest BCUT2D eigenvalue weighted by atomic mass is 10.3. The number of halogens is 1. The monoisotopic (exact) mass is 242 g/mol. The van der Waals surface area contributed by atoms with Gasteiger partial charge < -0.3 is 4.74 Å². The van der Waals surface area contributed by atoms with Gasteiger partial charge in [-0.1, -0.05) is 17.7 Å². The molecule has 0 bridgehead atoms. The molecular weight excluding hydrogens is 232 g/mol. The average molecular weight is 243 g/mol. The van der Waals surface area contributed by atoms with E-state index in [1.165, 1.54) is 24.1 Å². The van der Waals surface area contributed by atoms with Crippen LogP contribution >= 0.6 is 11.6 Å². The van der Waals surface area contributed by atoms with Crippen molar-refractivity contribution >= 4 is 17.6 Å². The molecule has 1 heterocycles. The summed E-state index contributed by atoms with van der Waals surface area (Å²) in [6.45, 7) is 1.84. The Morgan fingerprint density at radius 3 is 3.00 bits per heavy atom. The van der Waals surface area contributed by atoms with Crippen molar-refractivity contribution in [2.75, 3.05) is 7.11 Å². The molecule has 1 aromatic rings. The van der Waals surface area contributed by atoms with Gasteiger partial charge in [0.15, 0.2) is 0 Å². The molecule has 0 atom stereocenters. The van der Waals surface area contributed by atoms with Crippen molar-refractivity contribution in [3.05, 3.63) is 39.5 Å². The third-order valence-electron chi connectivity index (χ3n) is 1.92. The Morgan fingerprint density at radius 1 is 1.69 bits per heavy atom. The summed E-state index contributed by atoms with van der Waals surface area (Å²) in [5.41, 5.74) is 0.00712. The summed E-state index contributed by atoms with van der Waals surface area (Å²) in [7, 11) is 1.30. The number of ether oxygens (including phenoxy) is 1. The van der Waals surface area contributed by atoms with Gasteiger partial charge in [-0.2, -0.15) is 0 Å². The van der Waals surface area contributed by atoms with Crippen molar-refractivity contribution in [1.29, 1.82) is 0 Å². The molecule has 0 aromatic carbocycles. The summed E-state index contributed by atoms with van der Waals surface area (Å²) in [5.74, 6) is -0.428. The largest absolute Gasteiger partial charge is 0.466 e. The van der Waals surface area contributed by atoms with Gasteiger partial charge in [-0.3, -0.25) is 4.57 Å². The Bertz CT molecular complexity index is 479. The fourth-order valence-corrected chi connectivity index (χ4v) is 1.21. The lowest BCUT2D eigenvalue weighted by Gasteiger charge is -2.02. The first-order valence-corrected chi connectivity index (χ1v) is 4.89. The van der Waals surface area contributed by atoms with Gasteiger partial charge in [0.05, 0.1) is 18.3 Å². The smallest absolute Gasteiger partial charge is 0.347 e. The van der Waals surface area contributed by atoms with E-state index in [0.717, 1.165) is 0 Å². The van der Waals surface area contributed by atoms with Crippen LogP contribution in [-0.4, -0.2) is 22.6 Å². The number of esters is 1. The zero-order valence-corrected chi connectivity index (χ0v) is 9.69. The van der Waals surface area contributed by atoms with Crippen LogP contribution in [0, 0.1) is 0 Å². The van der Waals surface area contributed by atoms with Crippen LogP contribution in [0.15, 0.2) is 28.8 Å². The minimum Gasteiger partial charge on any atom is -0.466 e. The molecule has 0 saturated carbocycles. The van der Waals surface area contributed by atoms with E-state index in [0.29, 0.717) is 10.6 Å². The summed E-state index contributed by atoms with van der Waals surface area (Å²) < 4.78 is 5.82. The average Bonchev–Trinajstić information content (AvgIpc) is 2.28. The van der Waals surface area contributed by atoms with Gasteiger partial charge in [-0.25, -0.2) is 14.6 Å². The van der Waals surface area contributed by atoms with Gasteiger partial charge in [0.25, 0.3) is 0 Å². The predicted octanol–water partition coefficient (Wildman–Crippen LogP) is 1.02. The first-order valence-electron chi connectivity index (χ1n) is 4.51. The molecular formula is C10H11ClN2O3. The number of carbonyl (C=O) groups is 1. The second kappa shape index (κ2) is 5.46. The number of rotatable bonds is 3. The number of nitrogens with zero attached hydrogens (tertiary/aromatic N) is 2. The highest BCUT2D eigenvalue weighted by Gasteiger charge is 2.03. The SMILES string of the molecule is COC(=O)/C(C)=C/Cn1cc(Cl)cnc1=O. The number of carbonyl (C=O) groups excluding carboxylic acids is 1. The van der Waals surface area contributed by atoms with Crippen LogP contribution in [0.5, 0.6) is 0 Å². The quantitative estimate of drug-likeness (QED) is 0.586. The highest BCUT2D eigenvalue weighted by atomic mass is 35.5. The maximum absolute atomic E-state index is 11.3. The molecule has 0 saturated heterocycles. The molecule has 5 nitrogen and oxygen atoms in total. The van der Waals surface area contributed by atoms with Gasteiger partial charge in [0.2, 0.25) is 0 Å². The zero-order valence-electron chi connectivity index (χ0n) is 8.94. The second-order valence-corrected chi connectivity index (χ2v) is 3.52. The molecule has 0 N–H and O–H groups in total. The van der Waals surface area contributed by atoms with E-state index >= 15 is 0 Å². The molecule has 6 heteroatoms. The third kappa shape index (κ3) is 3.20. The summed E-state index contributed by atoms with van der Waals surface area (Å²) in [5, 5.41) is 0.365. The first-order chi connectivity index (χ1) is 7.54. The third-order valence-corrected chi connectivity index (χ3v) is 2.12. The first kappa shape index (κ1) is 12.4. The molecule has 0 fully saturated rings. The fourth-order valence-electron chi connectivity index (χ4n) is 1.04. The number of methoxy groups -OCH3 is 1. The molecule has 0 unspecified atom stereocenters. The van der Waals surface area contributed by atoms with Crippen LogP contribution in [0.3, 0.4) is 0 Å². The molecule has 1 aromatic heterocycles. The summed E-state index contributed by atoms with van der Waals surface area (Å²) in [6.07, 6.45) is 4.31. The summed E-state index contributed by atoms with van der Waals surface area (Å²) in [4.78, 5) is 25.9. The maximum Gasteiger partial charge on any atom is 0.347 e. The van der Waals surface area contributed by atoms with Crippen molar-refractivity contribution in [1.82, 2.24) is 9.55 Å². The second-order valence-electron chi connectivity index (χ2n) is 3.09. The van der Waals surface area contributed by atoms with E-state index in [2.05, 4.69) is 9.72 Å².